The van der Waals surface area contributed by atoms with Crippen LogP contribution in [0.1, 0.15) is 43.1 Å². The van der Waals surface area contributed by atoms with Gasteiger partial charge in [-0.25, -0.2) is 0 Å². The molecule has 124 valence electrons. The number of carbonyl (C=O) groups excluding carboxylic acids is 1. The topological polar surface area (TPSA) is 39.4 Å². The van der Waals surface area contributed by atoms with E-state index < -0.39 is 11.7 Å². The van der Waals surface area contributed by atoms with E-state index in [1.54, 1.807) is 19.1 Å². The van der Waals surface area contributed by atoms with Crippen LogP contribution < -0.4 is 0 Å². The van der Waals surface area contributed by atoms with E-state index in [0.717, 1.165) is 6.07 Å². The highest BCUT2D eigenvalue weighted by Crippen LogP contribution is 2.50. The molecule has 1 aromatic heterocycles. The van der Waals surface area contributed by atoms with Crippen LogP contribution in [-0.2, 0) is 22.1 Å². The third-order valence-corrected chi connectivity index (χ3v) is 4.15. The van der Waals surface area contributed by atoms with Gasteiger partial charge in [0.1, 0.15) is 11.3 Å². The molecule has 2 atom stereocenters. The monoisotopic (exact) mass is 326 g/mol. The first-order valence-electron chi connectivity index (χ1n) is 7.65. The van der Waals surface area contributed by atoms with Gasteiger partial charge in [-0.15, -0.1) is 0 Å². The van der Waals surface area contributed by atoms with Gasteiger partial charge < -0.3 is 9.15 Å². The smallest absolute Gasteiger partial charge is 0.420 e. The summed E-state index contributed by atoms with van der Waals surface area (Å²) in [6, 6.07) is 4.43. The SMILES string of the molecule is CCOC(=O)C1CC1c1cc(C(F)(F)F)c2oc(CC)cc2c1. The predicted octanol–water partition coefficient (Wildman–Crippen LogP) is 4.68. The Balaban J connectivity index is 2.01. The average Bonchev–Trinajstić information content (AvgIpc) is 3.17. The summed E-state index contributed by atoms with van der Waals surface area (Å²) in [5, 5.41) is 0.432. The van der Waals surface area contributed by atoms with Gasteiger partial charge in [-0.05, 0) is 43.0 Å². The first-order chi connectivity index (χ1) is 10.8. The maximum atomic E-state index is 13.3. The summed E-state index contributed by atoms with van der Waals surface area (Å²) in [7, 11) is 0. The quantitative estimate of drug-likeness (QED) is 0.766. The Morgan fingerprint density at radius 3 is 2.65 bits per heavy atom. The third-order valence-electron chi connectivity index (χ3n) is 4.15. The van der Waals surface area contributed by atoms with Gasteiger partial charge in [0, 0.05) is 11.8 Å². The summed E-state index contributed by atoms with van der Waals surface area (Å²) >= 11 is 0. The molecule has 1 aromatic carbocycles. The van der Waals surface area contributed by atoms with Gasteiger partial charge in [-0.3, -0.25) is 4.79 Å². The fourth-order valence-electron chi connectivity index (χ4n) is 2.90. The molecule has 1 aliphatic carbocycles. The highest BCUT2D eigenvalue weighted by atomic mass is 19.4. The van der Waals surface area contributed by atoms with Gasteiger partial charge in [-0.1, -0.05) is 6.92 Å². The van der Waals surface area contributed by atoms with E-state index >= 15 is 0 Å². The van der Waals surface area contributed by atoms with E-state index in [-0.39, 0.29) is 30.0 Å². The van der Waals surface area contributed by atoms with Crippen LogP contribution in [0.2, 0.25) is 0 Å². The van der Waals surface area contributed by atoms with Gasteiger partial charge in [0.05, 0.1) is 18.1 Å². The van der Waals surface area contributed by atoms with Gasteiger partial charge in [0.25, 0.3) is 0 Å². The lowest BCUT2D eigenvalue weighted by molar-refractivity contribution is -0.144. The number of benzene rings is 1. The maximum absolute atomic E-state index is 13.3. The van der Waals surface area contributed by atoms with Crippen LogP contribution in [0.25, 0.3) is 11.0 Å². The number of carbonyl (C=O) groups is 1. The lowest BCUT2D eigenvalue weighted by atomic mass is 10.0. The molecular formula is C17H17F3O3. The molecule has 1 fully saturated rings. The molecule has 0 spiro atoms. The first kappa shape index (κ1) is 15.9. The van der Waals surface area contributed by atoms with Gasteiger partial charge in [0.2, 0.25) is 0 Å². The molecule has 0 aliphatic heterocycles. The Hall–Kier alpha value is -1.98. The summed E-state index contributed by atoms with van der Waals surface area (Å²) in [4.78, 5) is 11.7. The molecule has 0 radical (unpaired) electrons. The highest BCUT2D eigenvalue weighted by Gasteiger charge is 2.46. The molecule has 1 aliphatic rings. The third kappa shape index (κ3) is 2.94. The van der Waals surface area contributed by atoms with Crippen molar-refractivity contribution in [2.24, 2.45) is 5.92 Å². The van der Waals surface area contributed by atoms with Gasteiger partial charge in [0.15, 0.2) is 0 Å². The minimum Gasteiger partial charge on any atom is -0.466 e. The summed E-state index contributed by atoms with van der Waals surface area (Å²) < 4.78 is 50.2. The lowest BCUT2D eigenvalue weighted by Crippen LogP contribution is -2.08. The predicted molar refractivity (Wildman–Crippen MR) is 78.1 cm³/mol. The summed E-state index contributed by atoms with van der Waals surface area (Å²) in [6.07, 6.45) is -3.44. The molecule has 0 saturated heterocycles. The Bertz CT molecular complexity index is 745. The van der Waals surface area contributed by atoms with Crippen molar-refractivity contribution in [2.75, 3.05) is 6.61 Å². The highest BCUT2D eigenvalue weighted by molar-refractivity contribution is 5.84. The molecule has 1 saturated carbocycles. The zero-order chi connectivity index (χ0) is 16.8. The zero-order valence-electron chi connectivity index (χ0n) is 12.9. The Morgan fingerprint density at radius 2 is 2.04 bits per heavy atom. The molecular weight excluding hydrogens is 309 g/mol. The van der Waals surface area contributed by atoms with E-state index in [0.29, 0.717) is 29.6 Å². The second-order valence-electron chi connectivity index (χ2n) is 5.75. The van der Waals surface area contributed by atoms with Crippen molar-refractivity contribution in [3.63, 3.8) is 0 Å². The fraction of sp³-hybridized carbons (Fsp3) is 0.471. The number of aryl methyl sites for hydroxylation is 1. The standard InChI is InChI=1S/C17H17F3O3/c1-3-11-6-10-5-9(12-8-13(12)16(21)22-4-2)7-14(15(10)23-11)17(18,19)20/h5-7,12-13H,3-4,8H2,1-2H3. The van der Waals surface area contributed by atoms with Crippen molar-refractivity contribution in [1.82, 2.24) is 0 Å². The minimum absolute atomic E-state index is 0.133. The number of ether oxygens (including phenoxy) is 1. The molecule has 23 heavy (non-hydrogen) atoms. The Morgan fingerprint density at radius 1 is 1.30 bits per heavy atom. The van der Waals surface area contributed by atoms with Crippen molar-refractivity contribution in [1.29, 1.82) is 0 Å². The second kappa shape index (κ2) is 5.58. The second-order valence-corrected chi connectivity index (χ2v) is 5.75. The van der Waals surface area contributed by atoms with E-state index in [1.807, 2.05) is 6.92 Å². The first-order valence-corrected chi connectivity index (χ1v) is 7.65. The van der Waals surface area contributed by atoms with E-state index in [4.69, 9.17) is 9.15 Å². The van der Waals surface area contributed by atoms with E-state index in [9.17, 15) is 18.0 Å². The van der Waals surface area contributed by atoms with Crippen molar-refractivity contribution < 1.29 is 27.1 Å². The molecule has 2 unspecified atom stereocenters. The number of rotatable bonds is 4. The number of hydrogen-bond donors (Lipinski definition) is 0. The van der Waals surface area contributed by atoms with Gasteiger partial charge >= 0.3 is 12.1 Å². The number of furan rings is 1. The molecule has 3 rings (SSSR count). The Kier molecular flexibility index (Phi) is 3.86. The molecule has 1 heterocycles. The normalized spacial score (nSPS) is 20.7. The molecule has 3 nitrogen and oxygen atoms in total. The van der Waals surface area contributed by atoms with E-state index in [2.05, 4.69) is 0 Å². The van der Waals surface area contributed by atoms with Crippen molar-refractivity contribution in [3.05, 3.63) is 35.1 Å². The number of esters is 1. The summed E-state index contributed by atoms with van der Waals surface area (Å²) in [5.41, 5.74) is -0.392. The number of fused-ring (bicyclic) bond motifs is 1. The number of halogens is 3. The summed E-state index contributed by atoms with van der Waals surface area (Å²) in [5.74, 6) is -0.376. The summed E-state index contributed by atoms with van der Waals surface area (Å²) in [6.45, 7) is 3.81. The molecule has 2 aromatic rings. The maximum Gasteiger partial charge on any atom is 0.420 e. The lowest BCUT2D eigenvalue weighted by Gasteiger charge is -2.10. The Labute approximate surface area is 131 Å². The van der Waals surface area contributed by atoms with Crippen LogP contribution in [-0.4, -0.2) is 12.6 Å². The van der Waals surface area contributed by atoms with Crippen LogP contribution in [0.3, 0.4) is 0 Å². The molecule has 6 heteroatoms. The number of alkyl halides is 3. The number of hydrogen-bond acceptors (Lipinski definition) is 3. The average molecular weight is 326 g/mol. The fourth-order valence-corrected chi connectivity index (χ4v) is 2.90. The van der Waals surface area contributed by atoms with Gasteiger partial charge in [-0.2, -0.15) is 13.2 Å². The largest absolute Gasteiger partial charge is 0.466 e. The van der Waals surface area contributed by atoms with Crippen LogP contribution in [0, 0.1) is 5.92 Å². The minimum atomic E-state index is -4.49. The molecule has 0 bridgehead atoms. The van der Waals surface area contributed by atoms with Crippen molar-refractivity contribution in [2.45, 2.75) is 38.8 Å². The van der Waals surface area contributed by atoms with Crippen molar-refractivity contribution >= 4 is 16.9 Å². The van der Waals surface area contributed by atoms with Crippen LogP contribution in [0.5, 0.6) is 0 Å². The van der Waals surface area contributed by atoms with E-state index in [1.165, 1.54) is 0 Å². The van der Waals surface area contributed by atoms with Crippen LogP contribution in [0.4, 0.5) is 13.2 Å². The van der Waals surface area contributed by atoms with Crippen molar-refractivity contribution in [3.8, 4) is 0 Å². The van der Waals surface area contributed by atoms with Crippen LogP contribution >= 0.6 is 0 Å². The van der Waals surface area contributed by atoms with Crippen LogP contribution in [0.15, 0.2) is 22.6 Å². The zero-order valence-corrected chi connectivity index (χ0v) is 12.9. The molecule has 0 N–H and O–H groups in total. The molecule has 0 amide bonds.